The maximum absolute atomic E-state index is 13.1. The van der Waals surface area contributed by atoms with Crippen LogP contribution in [0.3, 0.4) is 0 Å². The smallest absolute Gasteiger partial charge is 0.243 e. The summed E-state index contributed by atoms with van der Waals surface area (Å²) in [6, 6.07) is 9.11. The first kappa shape index (κ1) is 27.0. The van der Waals surface area contributed by atoms with Crippen molar-refractivity contribution in [3.63, 3.8) is 0 Å². The summed E-state index contributed by atoms with van der Waals surface area (Å²) in [5.74, 6) is 0.183. The minimum Gasteiger partial charge on any atom is -0.486 e. The number of rotatable bonds is 10. The van der Waals surface area contributed by atoms with E-state index in [0.29, 0.717) is 49.4 Å². The van der Waals surface area contributed by atoms with Gasteiger partial charge in [0.05, 0.1) is 15.8 Å². The number of aldehydes is 1. The molecule has 2 heterocycles. The maximum atomic E-state index is 13.1. The number of amides is 1. The van der Waals surface area contributed by atoms with Crippen LogP contribution in [0.4, 0.5) is 0 Å². The molecule has 0 radical (unpaired) electrons. The van der Waals surface area contributed by atoms with Gasteiger partial charge < -0.3 is 19.6 Å². The van der Waals surface area contributed by atoms with Gasteiger partial charge >= 0.3 is 0 Å². The molecule has 0 saturated carbocycles. The highest BCUT2D eigenvalue weighted by atomic mass is 32.2. The van der Waals surface area contributed by atoms with E-state index in [2.05, 4.69) is 10.0 Å². The Morgan fingerprint density at radius 1 is 1.14 bits per heavy atom. The molecule has 0 saturated heterocycles. The second-order valence-corrected chi connectivity index (χ2v) is 12.5. The first-order chi connectivity index (χ1) is 17.6. The van der Waals surface area contributed by atoms with Gasteiger partial charge in [-0.25, -0.2) is 21.6 Å². The topological polar surface area (TPSA) is 148 Å². The van der Waals surface area contributed by atoms with Crippen molar-refractivity contribution in [3.05, 3.63) is 48.0 Å². The number of benzene rings is 2. The number of hydrogen-bond acceptors (Lipinski definition) is 8. The quantitative estimate of drug-likeness (QED) is 0.326. The summed E-state index contributed by atoms with van der Waals surface area (Å²) < 4.78 is 65.3. The van der Waals surface area contributed by atoms with Crippen LogP contribution in [0.2, 0.25) is 0 Å². The predicted molar refractivity (Wildman–Crippen MR) is 133 cm³/mol. The lowest BCUT2D eigenvalue weighted by atomic mass is 10.0. The molecule has 37 heavy (non-hydrogen) atoms. The van der Waals surface area contributed by atoms with Crippen LogP contribution in [0.25, 0.3) is 0 Å². The largest absolute Gasteiger partial charge is 0.486 e. The fraction of sp³-hybridized carbons (Fsp3) is 0.417. The van der Waals surface area contributed by atoms with E-state index < -0.39 is 38.0 Å². The molecule has 13 heteroatoms. The molecule has 200 valence electrons. The van der Waals surface area contributed by atoms with Gasteiger partial charge in [-0.1, -0.05) is 18.2 Å². The standard InChI is InChI=1S/C24H29N3O8S2/c1-27-20(13-17-14-21-22(35-12-11-34-21)15-23(17)37(27,32)33)24(29)26-18(16-28)7-5-6-10-25-36(30,31)19-8-3-2-4-9-19/h2-4,8-9,14-16,18,20,25H,5-7,10-13H2,1H3,(H,26,29)/t18-,20?/m0/s1. The Bertz CT molecular complexity index is 1360. The van der Waals surface area contributed by atoms with E-state index in [0.717, 1.165) is 4.31 Å². The van der Waals surface area contributed by atoms with Gasteiger partial charge in [-0.05, 0) is 49.4 Å². The van der Waals surface area contributed by atoms with Crippen molar-refractivity contribution in [2.45, 2.75) is 47.6 Å². The Morgan fingerprint density at radius 3 is 2.49 bits per heavy atom. The lowest BCUT2D eigenvalue weighted by Gasteiger charge is -2.34. The molecule has 2 aliphatic rings. The van der Waals surface area contributed by atoms with E-state index in [-0.39, 0.29) is 29.2 Å². The van der Waals surface area contributed by atoms with Crippen LogP contribution in [0.5, 0.6) is 11.5 Å². The average molecular weight is 552 g/mol. The molecule has 1 amide bonds. The molecule has 0 fully saturated rings. The van der Waals surface area contributed by atoms with E-state index in [1.807, 2.05) is 0 Å². The normalized spacial score (nSPS) is 19.4. The third-order valence-corrected chi connectivity index (χ3v) is 9.74. The average Bonchev–Trinajstić information content (AvgIpc) is 2.89. The molecule has 0 aromatic heterocycles. The molecule has 2 aliphatic heterocycles. The van der Waals surface area contributed by atoms with Gasteiger partial charge in [-0.2, -0.15) is 4.31 Å². The molecule has 2 atom stereocenters. The molecule has 4 rings (SSSR count). The SMILES string of the molecule is CN1C(C(=O)N[C@H](C=O)CCCCNS(=O)(=O)c2ccccc2)Cc2cc3c(cc2S1(=O)=O)OCCO3. The van der Waals surface area contributed by atoms with Crippen molar-refractivity contribution in [1.82, 2.24) is 14.3 Å². The van der Waals surface area contributed by atoms with E-state index in [1.165, 1.54) is 25.2 Å². The number of sulfonamides is 2. The van der Waals surface area contributed by atoms with E-state index >= 15 is 0 Å². The van der Waals surface area contributed by atoms with Crippen LogP contribution in [0.15, 0.2) is 52.3 Å². The summed E-state index contributed by atoms with van der Waals surface area (Å²) >= 11 is 0. The maximum Gasteiger partial charge on any atom is 0.243 e. The number of ether oxygens (including phenoxy) is 2. The van der Waals surface area contributed by atoms with Crippen LogP contribution >= 0.6 is 0 Å². The third kappa shape index (κ3) is 5.95. The van der Waals surface area contributed by atoms with Crippen LogP contribution < -0.4 is 19.5 Å². The summed E-state index contributed by atoms with van der Waals surface area (Å²) in [6.07, 6.45) is 1.90. The lowest BCUT2D eigenvalue weighted by molar-refractivity contribution is -0.127. The van der Waals surface area contributed by atoms with Crippen molar-refractivity contribution < 1.29 is 35.9 Å². The Kier molecular flexibility index (Phi) is 8.17. The van der Waals surface area contributed by atoms with Crippen molar-refractivity contribution in [2.24, 2.45) is 0 Å². The molecule has 2 aromatic rings. The zero-order chi connectivity index (χ0) is 26.6. The van der Waals surface area contributed by atoms with Crippen molar-refractivity contribution in [3.8, 4) is 11.5 Å². The Balaban J connectivity index is 1.33. The molecule has 0 spiro atoms. The number of unbranched alkanes of at least 4 members (excludes halogenated alkanes) is 1. The highest BCUT2D eigenvalue weighted by Crippen LogP contribution is 2.39. The zero-order valence-corrected chi connectivity index (χ0v) is 21.9. The predicted octanol–water partition coefficient (Wildman–Crippen LogP) is 0.836. The van der Waals surface area contributed by atoms with Gasteiger partial charge in [-0.3, -0.25) is 4.79 Å². The summed E-state index contributed by atoms with van der Waals surface area (Å²) in [6.45, 7) is 0.836. The van der Waals surface area contributed by atoms with Crippen LogP contribution in [0, 0.1) is 0 Å². The van der Waals surface area contributed by atoms with Crippen molar-refractivity contribution >= 4 is 32.2 Å². The van der Waals surface area contributed by atoms with Gasteiger partial charge in [0.25, 0.3) is 0 Å². The summed E-state index contributed by atoms with van der Waals surface area (Å²) in [4.78, 5) is 24.9. The number of fused-ring (bicyclic) bond motifs is 2. The van der Waals surface area contributed by atoms with E-state index in [9.17, 15) is 26.4 Å². The van der Waals surface area contributed by atoms with E-state index in [4.69, 9.17) is 9.47 Å². The molecular weight excluding hydrogens is 522 g/mol. The first-order valence-corrected chi connectivity index (χ1v) is 14.8. The third-order valence-electron chi connectivity index (χ3n) is 6.32. The Hall–Kier alpha value is -3.00. The fourth-order valence-corrected chi connectivity index (χ4v) is 6.90. The molecular formula is C24H29N3O8S2. The molecule has 2 aromatic carbocycles. The summed E-state index contributed by atoms with van der Waals surface area (Å²) in [5, 5.41) is 2.62. The second-order valence-electron chi connectivity index (χ2n) is 8.80. The molecule has 11 nitrogen and oxygen atoms in total. The Labute approximate surface area is 216 Å². The van der Waals surface area contributed by atoms with Gasteiger partial charge in [0.15, 0.2) is 11.5 Å². The first-order valence-electron chi connectivity index (χ1n) is 11.8. The molecule has 1 unspecified atom stereocenters. The van der Waals surface area contributed by atoms with Gasteiger partial charge in [0, 0.05) is 19.7 Å². The second kappa shape index (κ2) is 11.2. The highest BCUT2D eigenvalue weighted by molar-refractivity contribution is 7.89. The number of carbonyl (C=O) groups is 2. The van der Waals surface area contributed by atoms with Gasteiger partial charge in [-0.15, -0.1) is 0 Å². The summed E-state index contributed by atoms with van der Waals surface area (Å²) in [5.41, 5.74) is 0.441. The fourth-order valence-electron chi connectivity index (χ4n) is 4.26. The number of nitrogens with zero attached hydrogens (tertiary/aromatic N) is 1. The van der Waals surface area contributed by atoms with Crippen molar-refractivity contribution in [2.75, 3.05) is 26.8 Å². The van der Waals surface area contributed by atoms with Crippen LogP contribution in [-0.4, -0.2) is 72.2 Å². The highest BCUT2D eigenvalue weighted by Gasteiger charge is 2.41. The number of likely N-dealkylation sites (N-methyl/N-ethyl adjacent to an activating group) is 1. The monoisotopic (exact) mass is 551 g/mol. The van der Waals surface area contributed by atoms with Crippen LogP contribution in [0.1, 0.15) is 24.8 Å². The van der Waals surface area contributed by atoms with Crippen molar-refractivity contribution in [1.29, 1.82) is 0 Å². The van der Waals surface area contributed by atoms with Gasteiger partial charge in [0.1, 0.15) is 25.5 Å². The van der Waals surface area contributed by atoms with Gasteiger partial charge in [0.2, 0.25) is 26.0 Å². The molecule has 0 bridgehead atoms. The number of carbonyl (C=O) groups excluding carboxylic acids is 2. The Morgan fingerprint density at radius 2 is 1.81 bits per heavy atom. The summed E-state index contributed by atoms with van der Waals surface area (Å²) in [7, 11) is -6.26. The minimum atomic E-state index is -3.97. The lowest BCUT2D eigenvalue weighted by Crippen LogP contribution is -2.53. The zero-order valence-electron chi connectivity index (χ0n) is 20.3. The molecule has 2 N–H and O–H groups in total. The number of hydrogen-bond donors (Lipinski definition) is 2. The van der Waals surface area contributed by atoms with E-state index in [1.54, 1.807) is 24.3 Å². The van der Waals surface area contributed by atoms with Crippen LogP contribution in [-0.2, 0) is 36.1 Å². The number of nitrogens with one attached hydrogen (secondary N) is 2. The minimum absolute atomic E-state index is 0.0631. The molecule has 0 aliphatic carbocycles.